The van der Waals surface area contributed by atoms with Gasteiger partial charge in [-0.15, -0.1) is 0 Å². The normalized spacial score (nSPS) is 11.3. The van der Waals surface area contributed by atoms with E-state index in [0.29, 0.717) is 0 Å². The Morgan fingerprint density at radius 3 is 2.33 bits per heavy atom. The molecule has 0 fully saturated rings. The third-order valence-electron chi connectivity index (χ3n) is 0.531. The van der Waals surface area contributed by atoms with Crippen molar-refractivity contribution in [3.63, 3.8) is 0 Å². The van der Waals surface area contributed by atoms with Crippen molar-refractivity contribution in [3.8, 4) is 0 Å². The molecule has 0 saturated carbocycles. The van der Waals surface area contributed by atoms with Crippen molar-refractivity contribution in [2.45, 2.75) is 6.92 Å². The van der Waals surface area contributed by atoms with E-state index in [9.17, 15) is 0 Å². The third kappa shape index (κ3) is 2.09. The Kier molecular flexibility index (Phi) is 2.95. The van der Waals surface area contributed by atoms with Crippen LogP contribution in [0.1, 0.15) is 6.92 Å². The monoisotopic (exact) mass is 101 g/mol. The fraction of sp³-hybridized carbons (Fsp3) is 0.200. The summed E-state index contributed by atoms with van der Waals surface area (Å²) >= 11 is 3.26. The maximum absolute atomic E-state index is 3.51. The molecule has 0 rings (SSSR count). The minimum Gasteiger partial charge on any atom is -0.0941 e. The van der Waals surface area contributed by atoms with Crippen LogP contribution < -0.4 is 0 Å². The van der Waals surface area contributed by atoms with Gasteiger partial charge in [-0.2, -0.15) is 0 Å². The summed E-state index contributed by atoms with van der Waals surface area (Å²) in [5, 5.41) is 0. The molecule has 1 heteroatoms. The molecule has 0 aliphatic carbocycles. The first kappa shape index (κ1) is 5.83. The predicted octanol–water partition coefficient (Wildman–Crippen LogP) is 1.09. The molecule has 0 atom stereocenters. The zero-order chi connectivity index (χ0) is 4.99. The molecular weight excluding hydrogens is 92.1 g/mol. The smallest absolute Gasteiger partial charge is 0.0941 e. The highest BCUT2D eigenvalue weighted by Crippen LogP contribution is 1.86. The maximum atomic E-state index is 3.51. The van der Waals surface area contributed by atoms with Gasteiger partial charge in [0.25, 0.3) is 0 Å². The average molecular weight is 101 g/mol. The van der Waals surface area contributed by atoms with Gasteiger partial charge in [0, 0.05) is 0 Å². The lowest BCUT2D eigenvalue weighted by atomic mass is 10.5. The molecule has 0 radical (unpaired) electrons. The molecule has 0 unspecified atom stereocenters. The van der Waals surface area contributed by atoms with E-state index in [2.05, 4.69) is 19.2 Å². The summed E-state index contributed by atoms with van der Waals surface area (Å²) in [5.41, 5.74) is 0. The lowest BCUT2D eigenvalue weighted by Gasteiger charge is -1.68. The van der Waals surface area contributed by atoms with E-state index in [-0.39, 0.29) is 0 Å². The average Bonchev–Trinajstić information content (AvgIpc) is 1.65. The molecule has 0 aliphatic rings. The van der Waals surface area contributed by atoms with Crippen molar-refractivity contribution in [1.29, 1.82) is 0 Å². The number of hydrogen-bond donors (Lipinski definition) is 0. The van der Waals surface area contributed by atoms with Crippen molar-refractivity contribution in [3.05, 3.63) is 23.6 Å². The summed E-state index contributed by atoms with van der Waals surface area (Å²) < 4.78 is 0. The molecule has 0 spiro atoms. The lowest BCUT2D eigenvalue weighted by molar-refractivity contribution is 1.72. The van der Waals surface area contributed by atoms with Crippen molar-refractivity contribution >= 4 is 12.6 Å². The molecule has 0 amide bonds. The van der Waals surface area contributed by atoms with Crippen LogP contribution in [0, 0.1) is 0 Å². The van der Waals surface area contributed by atoms with Gasteiger partial charge >= 0.3 is 0 Å². The zero-order valence-electron chi connectivity index (χ0n) is 3.86. The summed E-state index contributed by atoms with van der Waals surface area (Å²) in [6, 6.07) is 0. The second-order valence-electron chi connectivity index (χ2n) is 0.948. The van der Waals surface area contributed by atoms with Gasteiger partial charge in [0.2, 0.25) is 0 Å². The number of hydrogen-bond acceptors (Lipinski definition) is 0. The van der Waals surface area contributed by atoms with E-state index >= 15 is 0 Å². The summed E-state index contributed by atoms with van der Waals surface area (Å²) in [5.74, 6) is 0. The van der Waals surface area contributed by atoms with Crippen molar-refractivity contribution < 1.29 is 0 Å². The Hall–Kier alpha value is -0.170. The molecule has 0 bridgehead atoms. The quantitative estimate of drug-likeness (QED) is 0.342. The highest BCUT2D eigenvalue weighted by atomic mass is 32.1. The van der Waals surface area contributed by atoms with Crippen LogP contribution >= 0.6 is 0 Å². The summed E-state index contributed by atoms with van der Waals surface area (Å²) in [6.45, 7) is 5.46. The standard InChI is InChI=1S/C5H8S/c1-3-5(6)4-2/h3-4,6H,1H2,2H3/p+1/b5-4+. The summed E-state index contributed by atoms with van der Waals surface area (Å²) in [4.78, 5) is 1.04. The zero-order valence-corrected chi connectivity index (χ0v) is 4.86. The molecule has 0 aromatic heterocycles. The van der Waals surface area contributed by atoms with Crippen LogP contribution in [0.25, 0.3) is 0 Å². The minimum absolute atomic E-state index is 1.04. The number of allylic oxidation sites excluding steroid dienone is 2. The van der Waals surface area contributed by atoms with Gasteiger partial charge in [0.05, 0.1) is 0 Å². The van der Waals surface area contributed by atoms with Crippen LogP contribution in [0.15, 0.2) is 23.6 Å². The topological polar surface area (TPSA) is 0 Å². The largest absolute Gasteiger partial charge is 0.145 e. The SMILES string of the molecule is C=C/C([SH2+])=C\C. The highest BCUT2D eigenvalue weighted by molar-refractivity contribution is 7.63. The second kappa shape index (κ2) is 3.04. The van der Waals surface area contributed by atoms with Crippen LogP contribution in [-0.4, -0.2) is 0 Å². The maximum Gasteiger partial charge on any atom is 0.145 e. The van der Waals surface area contributed by atoms with E-state index in [0.717, 1.165) is 4.91 Å². The molecule has 34 valence electrons. The molecule has 0 nitrogen and oxygen atoms in total. The molecule has 0 heterocycles. The van der Waals surface area contributed by atoms with Gasteiger partial charge in [-0.25, -0.2) is 0 Å². The van der Waals surface area contributed by atoms with Crippen molar-refractivity contribution in [2.75, 3.05) is 0 Å². The Morgan fingerprint density at radius 2 is 2.33 bits per heavy atom. The number of rotatable bonds is 1. The van der Waals surface area contributed by atoms with E-state index in [4.69, 9.17) is 0 Å². The lowest BCUT2D eigenvalue weighted by Crippen LogP contribution is -1.59. The summed E-state index contributed by atoms with van der Waals surface area (Å²) in [6.07, 6.45) is 3.68. The van der Waals surface area contributed by atoms with Gasteiger partial charge in [-0.05, 0) is 31.7 Å². The molecule has 0 saturated heterocycles. The molecular formula is C5H9S+. The van der Waals surface area contributed by atoms with E-state index in [1.165, 1.54) is 0 Å². The first-order chi connectivity index (χ1) is 2.81. The highest BCUT2D eigenvalue weighted by Gasteiger charge is 1.77. The van der Waals surface area contributed by atoms with Gasteiger partial charge in [-0.3, -0.25) is 0 Å². The van der Waals surface area contributed by atoms with Crippen LogP contribution in [0.3, 0.4) is 0 Å². The fourth-order valence-electron chi connectivity index (χ4n) is 0.118. The van der Waals surface area contributed by atoms with Crippen molar-refractivity contribution in [2.24, 2.45) is 0 Å². The Balaban J connectivity index is 3.50. The van der Waals surface area contributed by atoms with E-state index < -0.39 is 0 Å². The summed E-state index contributed by atoms with van der Waals surface area (Å²) in [7, 11) is 0. The van der Waals surface area contributed by atoms with Crippen LogP contribution in [-0.2, 0) is 12.6 Å². The van der Waals surface area contributed by atoms with Gasteiger partial charge in [0.1, 0.15) is 4.91 Å². The molecule has 0 aromatic rings. The minimum atomic E-state index is 1.04. The molecule has 0 aliphatic heterocycles. The van der Waals surface area contributed by atoms with Crippen molar-refractivity contribution in [1.82, 2.24) is 0 Å². The molecule has 0 aromatic carbocycles. The van der Waals surface area contributed by atoms with E-state index in [1.807, 2.05) is 13.0 Å². The Labute approximate surface area is 44.0 Å². The second-order valence-corrected chi connectivity index (χ2v) is 1.53. The first-order valence-electron chi connectivity index (χ1n) is 1.81. The Bertz CT molecular complexity index is 72.0. The molecule has 6 heavy (non-hydrogen) atoms. The van der Waals surface area contributed by atoms with E-state index in [1.54, 1.807) is 6.08 Å². The predicted molar refractivity (Wildman–Crippen MR) is 34.1 cm³/mol. The van der Waals surface area contributed by atoms with Crippen LogP contribution in [0.4, 0.5) is 0 Å². The first-order valence-corrected chi connectivity index (χ1v) is 2.31. The Morgan fingerprint density at radius 1 is 1.83 bits per heavy atom. The van der Waals surface area contributed by atoms with Crippen LogP contribution in [0.2, 0.25) is 0 Å². The van der Waals surface area contributed by atoms with Gasteiger partial charge in [-0.1, -0.05) is 6.58 Å². The third-order valence-corrected chi connectivity index (χ3v) is 1.02. The molecule has 0 N–H and O–H groups in total. The fourth-order valence-corrected chi connectivity index (χ4v) is 0.118. The van der Waals surface area contributed by atoms with Crippen LogP contribution in [0.5, 0.6) is 0 Å². The van der Waals surface area contributed by atoms with Gasteiger partial charge in [0.15, 0.2) is 0 Å². The van der Waals surface area contributed by atoms with Gasteiger partial charge < -0.3 is 0 Å².